The quantitative estimate of drug-likeness (QED) is 0.119. The number of rotatable bonds is 15. The molecule has 0 fully saturated rings. The number of aliphatic carboxylic acids is 2. The van der Waals surface area contributed by atoms with E-state index < -0.39 is 72.8 Å². The Hall–Kier alpha value is -2.77. The second-order valence-electron chi connectivity index (χ2n) is 7.36. The third-order valence-electron chi connectivity index (χ3n) is 4.36. The van der Waals surface area contributed by atoms with Crippen molar-refractivity contribution in [3.8, 4) is 0 Å². The molecule has 0 aliphatic heterocycles. The number of aliphatic hydroxyl groups excluding tert-OH is 1. The van der Waals surface area contributed by atoms with Crippen molar-refractivity contribution in [3.63, 3.8) is 0 Å². The highest BCUT2D eigenvalue weighted by Gasteiger charge is 2.32. The molecule has 10 N–H and O–H groups in total. The molecule has 0 aromatic heterocycles. The van der Waals surface area contributed by atoms with E-state index in [2.05, 4.69) is 16.0 Å². The summed E-state index contributed by atoms with van der Waals surface area (Å²) in [6, 6.07) is -5.30. The number of unbranched alkanes of at least 4 members (excludes halogenated alkanes) is 1. The van der Waals surface area contributed by atoms with Crippen LogP contribution >= 0.6 is 0 Å². The van der Waals surface area contributed by atoms with Gasteiger partial charge in [-0.15, -0.1) is 0 Å². The van der Waals surface area contributed by atoms with Gasteiger partial charge in [-0.05, 0) is 25.3 Å². The average Bonchev–Trinajstić information content (AvgIpc) is 2.68. The van der Waals surface area contributed by atoms with Crippen LogP contribution in [0.25, 0.3) is 0 Å². The number of carbonyl (C=O) groups excluding carboxylic acids is 3. The van der Waals surface area contributed by atoms with Crippen molar-refractivity contribution in [3.05, 3.63) is 0 Å². The highest BCUT2D eigenvalue weighted by molar-refractivity contribution is 5.95. The van der Waals surface area contributed by atoms with E-state index in [1.165, 1.54) is 0 Å². The molecule has 0 aromatic carbocycles. The molecule has 0 saturated carbocycles. The van der Waals surface area contributed by atoms with Crippen LogP contribution in [0.2, 0.25) is 0 Å². The van der Waals surface area contributed by atoms with Gasteiger partial charge in [-0.25, -0.2) is 4.79 Å². The fraction of sp³-hybridized carbons (Fsp3) is 0.722. The predicted octanol–water partition coefficient (Wildman–Crippen LogP) is -2.90. The average molecular weight is 447 g/mol. The number of carboxylic acids is 2. The number of hydrogen-bond acceptors (Lipinski definition) is 8. The molecule has 0 aliphatic rings. The largest absolute Gasteiger partial charge is 0.481 e. The molecule has 0 aliphatic carbocycles. The molecule has 3 amide bonds. The molecule has 31 heavy (non-hydrogen) atoms. The summed E-state index contributed by atoms with van der Waals surface area (Å²) in [5.41, 5.74) is 11.1. The lowest BCUT2D eigenvalue weighted by Gasteiger charge is -2.26. The Balaban J connectivity index is 5.27. The van der Waals surface area contributed by atoms with Crippen molar-refractivity contribution in [1.82, 2.24) is 16.0 Å². The lowest BCUT2D eigenvalue weighted by molar-refractivity contribution is -0.144. The van der Waals surface area contributed by atoms with Gasteiger partial charge in [0.2, 0.25) is 17.7 Å². The zero-order valence-electron chi connectivity index (χ0n) is 17.7. The summed E-state index contributed by atoms with van der Waals surface area (Å²) < 4.78 is 0. The molecule has 0 saturated heterocycles. The Morgan fingerprint density at radius 3 is 1.90 bits per heavy atom. The molecule has 13 nitrogen and oxygen atoms in total. The highest BCUT2D eigenvalue weighted by Crippen LogP contribution is 2.06. The van der Waals surface area contributed by atoms with Gasteiger partial charge in [0.05, 0.1) is 19.1 Å². The van der Waals surface area contributed by atoms with Crippen LogP contribution in [0.1, 0.15) is 39.5 Å². The molecule has 0 aromatic rings. The maximum absolute atomic E-state index is 12.6. The van der Waals surface area contributed by atoms with Crippen molar-refractivity contribution in [2.75, 3.05) is 13.2 Å². The molecule has 0 spiro atoms. The number of amides is 3. The summed E-state index contributed by atoms with van der Waals surface area (Å²) in [5, 5.41) is 33.8. The minimum atomic E-state index is -1.58. The molecular formula is C18H33N5O8. The molecule has 178 valence electrons. The van der Waals surface area contributed by atoms with Gasteiger partial charge in [0.15, 0.2) is 0 Å². The van der Waals surface area contributed by atoms with Crippen LogP contribution in [0.4, 0.5) is 0 Å². The first-order valence-electron chi connectivity index (χ1n) is 9.86. The monoisotopic (exact) mass is 447 g/mol. The van der Waals surface area contributed by atoms with Crippen LogP contribution in [-0.2, 0) is 24.0 Å². The Bertz CT molecular complexity index is 642. The third kappa shape index (κ3) is 10.7. The summed E-state index contributed by atoms with van der Waals surface area (Å²) in [6.45, 7) is 2.70. The van der Waals surface area contributed by atoms with Gasteiger partial charge in [-0.2, -0.15) is 0 Å². The van der Waals surface area contributed by atoms with E-state index in [4.69, 9.17) is 26.8 Å². The number of aliphatic hydroxyl groups is 1. The maximum Gasteiger partial charge on any atom is 0.328 e. The summed E-state index contributed by atoms with van der Waals surface area (Å²) in [4.78, 5) is 59.4. The molecule has 4 atom stereocenters. The number of hydrogen-bond donors (Lipinski definition) is 8. The van der Waals surface area contributed by atoms with Crippen molar-refractivity contribution < 1.29 is 39.3 Å². The topological polar surface area (TPSA) is 234 Å². The van der Waals surface area contributed by atoms with E-state index >= 15 is 0 Å². The van der Waals surface area contributed by atoms with Gasteiger partial charge < -0.3 is 42.7 Å². The van der Waals surface area contributed by atoms with Crippen molar-refractivity contribution in [1.29, 1.82) is 0 Å². The summed E-state index contributed by atoms with van der Waals surface area (Å²) >= 11 is 0. The number of carboxylic acid groups (broad SMARTS) is 2. The first kappa shape index (κ1) is 28.2. The van der Waals surface area contributed by atoms with E-state index in [1.807, 2.05) is 0 Å². The third-order valence-corrected chi connectivity index (χ3v) is 4.36. The van der Waals surface area contributed by atoms with E-state index in [9.17, 15) is 24.0 Å². The van der Waals surface area contributed by atoms with Crippen LogP contribution in [0.15, 0.2) is 0 Å². The van der Waals surface area contributed by atoms with Crippen molar-refractivity contribution in [2.24, 2.45) is 17.4 Å². The molecule has 4 unspecified atom stereocenters. The standard InChI is InChI=1S/C18H33N5O8/c1-9(2)14(17(29)22-12(8-24)18(30)31)23-16(28)11(7-13(25)26)21-15(27)10(20)5-3-4-6-19/h9-12,14,24H,3-8,19-20H2,1-2H3,(H,21,27)(H,22,29)(H,23,28)(H,25,26)(H,30,31). The number of nitrogens with two attached hydrogens (primary N) is 2. The van der Waals surface area contributed by atoms with Gasteiger partial charge >= 0.3 is 11.9 Å². The second-order valence-corrected chi connectivity index (χ2v) is 7.36. The Morgan fingerprint density at radius 2 is 1.45 bits per heavy atom. The molecule has 0 heterocycles. The van der Waals surface area contributed by atoms with E-state index in [0.29, 0.717) is 25.8 Å². The highest BCUT2D eigenvalue weighted by atomic mass is 16.4. The lowest BCUT2D eigenvalue weighted by Crippen LogP contribution is -2.59. The van der Waals surface area contributed by atoms with Crippen LogP contribution in [0.5, 0.6) is 0 Å². The van der Waals surface area contributed by atoms with Gasteiger partial charge in [0.1, 0.15) is 18.1 Å². The van der Waals surface area contributed by atoms with E-state index in [-0.39, 0.29) is 0 Å². The Labute approximate surface area is 179 Å². The van der Waals surface area contributed by atoms with Crippen molar-refractivity contribution >= 4 is 29.7 Å². The van der Waals surface area contributed by atoms with Crippen molar-refractivity contribution in [2.45, 2.75) is 63.7 Å². The Morgan fingerprint density at radius 1 is 0.871 bits per heavy atom. The zero-order chi connectivity index (χ0) is 24.1. The first-order valence-corrected chi connectivity index (χ1v) is 9.86. The maximum atomic E-state index is 12.6. The Kier molecular flexibility index (Phi) is 13.0. The van der Waals surface area contributed by atoms with Gasteiger partial charge in [0, 0.05) is 0 Å². The second kappa shape index (κ2) is 14.3. The SMILES string of the molecule is CC(C)C(NC(=O)C(CC(=O)O)NC(=O)C(N)CCCCN)C(=O)NC(CO)C(=O)O. The van der Waals surface area contributed by atoms with E-state index in [0.717, 1.165) is 0 Å². The number of nitrogens with one attached hydrogen (secondary N) is 3. The smallest absolute Gasteiger partial charge is 0.328 e. The normalized spacial score (nSPS) is 14.8. The molecular weight excluding hydrogens is 414 g/mol. The predicted molar refractivity (Wildman–Crippen MR) is 108 cm³/mol. The number of carbonyl (C=O) groups is 5. The fourth-order valence-electron chi connectivity index (χ4n) is 2.54. The zero-order valence-corrected chi connectivity index (χ0v) is 17.7. The molecule has 0 bridgehead atoms. The summed E-state index contributed by atoms with van der Waals surface area (Å²) in [5.74, 6) is -5.91. The molecule has 13 heteroatoms. The molecule has 0 radical (unpaired) electrons. The fourth-order valence-corrected chi connectivity index (χ4v) is 2.54. The van der Waals surface area contributed by atoms with Crippen LogP contribution in [-0.4, -0.2) is 82.3 Å². The molecule has 0 rings (SSSR count). The van der Waals surface area contributed by atoms with Crippen LogP contribution < -0.4 is 27.4 Å². The lowest BCUT2D eigenvalue weighted by atomic mass is 10.0. The van der Waals surface area contributed by atoms with Gasteiger partial charge in [-0.3, -0.25) is 19.2 Å². The minimum absolute atomic E-state index is 0.291. The summed E-state index contributed by atoms with van der Waals surface area (Å²) in [7, 11) is 0. The minimum Gasteiger partial charge on any atom is -0.481 e. The van der Waals surface area contributed by atoms with Gasteiger partial charge in [0.25, 0.3) is 0 Å². The van der Waals surface area contributed by atoms with Gasteiger partial charge in [-0.1, -0.05) is 20.3 Å². The van der Waals surface area contributed by atoms with Crippen LogP contribution in [0, 0.1) is 5.92 Å². The van der Waals surface area contributed by atoms with E-state index in [1.54, 1.807) is 13.8 Å². The summed E-state index contributed by atoms with van der Waals surface area (Å²) in [6.07, 6.45) is 0.760. The first-order chi connectivity index (χ1) is 14.4. The van der Waals surface area contributed by atoms with Crippen LogP contribution in [0.3, 0.4) is 0 Å².